The standard InChI is InChI=1S/C20H23F3N4O.ClH/c1-14-3-2-4-15(11-14)27-17(20(21,22)23)16(12-25-27)18(28)26-9-6-19(7-10-26)5-8-24-13-19;/h2-4,11-12,24H,5-10,13H2,1H3;1H. The van der Waals surface area contributed by atoms with E-state index < -0.39 is 17.8 Å². The molecule has 1 amide bonds. The van der Waals surface area contributed by atoms with Gasteiger partial charge in [0.15, 0.2) is 5.69 Å². The number of hydrogen-bond acceptors (Lipinski definition) is 3. The van der Waals surface area contributed by atoms with Gasteiger partial charge in [0.25, 0.3) is 5.91 Å². The Labute approximate surface area is 173 Å². The minimum atomic E-state index is -4.68. The van der Waals surface area contributed by atoms with Crippen molar-refractivity contribution >= 4 is 18.3 Å². The molecule has 2 fully saturated rings. The molecule has 0 bridgehead atoms. The van der Waals surface area contributed by atoms with Crippen LogP contribution < -0.4 is 5.32 Å². The van der Waals surface area contributed by atoms with Crippen molar-refractivity contribution in [3.63, 3.8) is 0 Å². The molecule has 4 rings (SSSR count). The molecular formula is C20H24ClF3N4O. The predicted octanol–water partition coefficient (Wildman–Crippen LogP) is 3.84. The monoisotopic (exact) mass is 428 g/mol. The van der Waals surface area contributed by atoms with E-state index in [1.165, 1.54) is 4.90 Å². The highest BCUT2D eigenvalue weighted by Gasteiger charge is 2.43. The molecule has 0 aliphatic carbocycles. The first kappa shape index (κ1) is 21.6. The van der Waals surface area contributed by atoms with Gasteiger partial charge in [-0.2, -0.15) is 18.3 Å². The van der Waals surface area contributed by atoms with Crippen LogP contribution in [0.15, 0.2) is 30.5 Å². The maximum absolute atomic E-state index is 13.9. The highest BCUT2D eigenvalue weighted by Crippen LogP contribution is 2.38. The molecule has 5 nitrogen and oxygen atoms in total. The van der Waals surface area contributed by atoms with Crippen LogP contribution in [-0.4, -0.2) is 46.8 Å². The molecule has 0 saturated carbocycles. The van der Waals surface area contributed by atoms with E-state index in [1.807, 2.05) is 0 Å². The molecule has 158 valence electrons. The lowest BCUT2D eigenvalue weighted by molar-refractivity contribution is -0.143. The molecule has 1 aromatic heterocycles. The summed E-state index contributed by atoms with van der Waals surface area (Å²) in [4.78, 5) is 14.5. The van der Waals surface area contributed by atoms with Crippen LogP contribution in [0.25, 0.3) is 5.69 Å². The third-order valence-corrected chi connectivity index (χ3v) is 5.96. The summed E-state index contributed by atoms with van der Waals surface area (Å²) in [7, 11) is 0. The molecule has 0 unspecified atom stereocenters. The SMILES string of the molecule is Cc1cccc(-n2ncc(C(=O)N3CCC4(CCNC4)CC3)c2C(F)(F)F)c1.Cl. The summed E-state index contributed by atoms with van der Waals surface area (Å²) in [6, 6.07) is 6.65. The molecule has 0 radical (unpaired) electrons. The van der Waals surface area contributed by atoms with Crippen LogP contribution in [0.3, 0.4) is 0 Å². The number of aromatic nitrogens is 2. The molecule has 1 aromatic carbocycles. The zero-order valence-corrected chi connectivity index (χ0v) is 16.9. The summed E-state index contributed by atoms with van der Waals surface area (Å²) in [5, 5.41) is 7.27. The second kappa shape index (κ2) is 7.99. The second-order valence-corrected chi connectivity index (χ2v) is 7.87. The van der Waals surface area contributed by atoms with Crippen LogP contribution in [0.4, 0.5) is 13.2 Å². The van der Waals surface area contributed by atoms with Crippen molar-refractivity contribution in [1.82, 2.24) is 20.0 Å². The number of benzene rings is 1. The number of rotatable bonds is 2. The molecule has 29 heavy (non-hydrogen) atoms. The lowest BCUT2D eigenvalue weighted by Crippen LogP contribution is -2.44. The number of alkyl halides is 3. The van der Waals surface area contributed by atoms with Crippen LogP contribution in [0.2, 0.25) is 0 Å². The average Bonchev–Trinajstić information content (AvgIpc) is 3.29. The average molecular weight is 429 g/mol. The third-order valence-electron chi connectivity index (χ3n) is 5.96. The van der Waals surface area contributed by atoms with Crippen molar-refractivity contribution < 1.29 is 18.0 Å². The smallest absolute Gasteiger partial charge is 0.338 e. The van der Waals surface area contributed by atoms with E-state index in [0.29, 0.717) is 18.8 Å². The molecule has 9 heteroatoms. The van der Waals surface area contributed by atoms with Crippen molar-refractivity contribution in [2.75, 3.05) is 26.2 Å². The molecule has 2 aliphatic heterocycles. The number of carbonyl (C=O) groups is 1. The number of piperidine rings is 1. The number of amides is 1. The Morgan fingerprint density at radius 3 is 2.52 bits per heavy atom. The highest BCUT2D eigenvalue weighted by atomic mass is 35.5. The first-order valence-corrected chi connectivity index (χ1v) is 9.51. The van der Waals surface area contributed by atoms with Gasteiger partial charge in [-0.1, -0.05) is 12.1 Å². The fourth-order valence-electron chi connectivity index (χ4n) is 4.31. The fraction of sp³-hybridized carbons (Fsp3) is 0.500. The largest absolute Gasteiger partial charge is 0.434 e. The van der Waals surface area contributed by atoms with Crippen molar-refractivity contribution in [3.8, 4) is 5.69 Å². The summed E-state index contributed by atoms with van der Waals surface area (Å²) in [5.41, 5.74) is -0.0861. The molecular weight excluding hydrogens is 405 g/mol. The lowest BCUT2D eigenvalue weighted by Gasteiger charge is -2.38. The minimum Gasteiger partial charge on any atom is -0.338 e. The molecule has 2 aromatic rings. The van der Waals surface area contributed by atoms with E-state index in [1.54, 1.807) is 31.2 Å². The van der Waals surface area contributed by atoms with E-state index in [9.17, 15) is 18.0 Å². The van der Waals surface area contributed by atoms with Gasteiger partial charge in [-0.3, -0.25) is 4.79 Å². The zero-order chi connectivity index (χ0) is 19.9. The molecule has 1 spiro atoms. The minimum absolute atomic E-state index is 0. The molecule has 1 N–H and O–H groups in total. The van der Waals surface area contributed by atoms with Gasteiger partial charge in [0, 0.05) is 19.6 Å². The Balaban J connectivity index is 0.00000240. The van der Waals surface area contributed by atoms with Gasteiger partial charge in [0.2, 0.25) is 0 Å². The quantitative estimate of drug-likeness (QED) is 0.790. The first-order valence-electron chi connectivity index (χ1n) is 9.51. The van der Waals surface area contributed by atoms with Crippen LogP contribution in [0.5, 0.6) is 0 Å². The maximum atomic E-state index is 13.9. The summed E-state index contributed by atoms with van der Waals surface area (Å²) in [5.74, 6) is -0.591. The van der Waals surface area contributed by atoms with E-state index in [-0.39, 0.29) is 23.4 Å². The normalized spacial score (nSPS) is 18.7. The van der Waals surface area contributed by atoms with Gasteiger partial charge in [-0.15, -0.1) is 12.4 Å². The van der Waals surface area contributed by atoms with Crippen LogP contribution in [0.1, 0.15) is 40.9 Å². The molecule has 3 heterocycles. The number of carbonyl (C=O) groups excluding carboxylic acids is 1. The van der Waals surface area contributed by atoms with Crippen molar-refractivity contribution in [3.05, 3.63) is 47.3 Å². The van der Waals surface area contributed by atoms with Crippen LogP contribution in [0, 0.1) is 12.3 Å². The van der Waals surface area contributed by atoms with E-state index in [0.717, 1.165) is 48.8 Å². The second-order valence-electron chi connectivity index (χ2n) is 7.87. The Morgan fingerprint density at radius 1 is 1.21 bits per heavy atom. The van der Waals surface area contributed by atoms with Gasteiger partial charge in [0.05, 0.1) is 17.4 Å². The molecule has 0 atom stereocenters. The van der Waals surface area contributed by atoms with Gasteiger partial charge >= 0.3 is 6.18 Å². The Hall–Kier alpha value is -2.06. The van der Waals surface area contributed by atoms with Gasteiger partial charge in [0.1, 0.15) is 0 Å². The van der Waals surface area contributed by atoms with Gasteiger partial charge < -0.3 is 10.2 Å². The van der Waals surface area contributed by atoms with Gasteiger partial charge in [-0.25, -0.2) is 4.68 Å². The number of nitrogens with one attached hydrogen (secondary N) is 1. The summed E-state index contributed by atoms with van der Waals surface area (Å²) >= 11 is 0. The Morgan fingerprint density at radius 2 is 1.93 bits per heavy atom. The highest BCUT2D eigenvalue weighted by molar-refractivity contribution is 5.95. The summed E-state index contributed by atoms with van der Waals surface area (Å²) in [6.45, 7) is 4.65. The van der Waals surface area contributed by atoms with E-state index >= 15 is 0 Å². The predicted molar refractivity (Wildman–Crippen MR) is 106 cm³/mol. The maximum Gasteiger partial charge on any atom is 0.434 e. The van der Waals surface area contributed by atoms with E-state index in [4.69, 9.17) is 0 Å². The van der Waals surface area contributed by atoms with Crippen molar-refractivity contribution in [1.29, 1.82) is 0 Å². The number of hydrogen-bond donors (Lipinski definition) is 1. The first-order chi connectivity index (χ1) is 13.3. The van der Waals surface area contributed by atoms with Crippen LogP contribution in [-0.2, 0) is 6.18 Å². The summed E-state index contributed by atoms with van der Waals surface area (Å²) < 4.78 is 42.4. The zero-order valence-electron chi connectivity index (χ0n) is 16.1. The number of aryl methyl sites for hydroxylation is 1. The number of halogens is 4. The molecule has 2 saturated heterocycles. The third kappa shape index (κ3) is 4.14. The number of nitrogens with zero attached hydrogens (tertiary/aromatic N) is 3. The van der Waals surface area contributed by atoms with Gasteiger partial charge in [-0.05, 0) is 55.8 Å². The van der Waals surface area contributed by atoms with Crippen molar-refractivity contribution in [2.24, 2.45) is 5.41 Å². The van der Waals surface area contributed by atoms with E-state index in [2.05, 4.69) is 10.4 Å². The Kier molecular flexibility index (Phi) is 5.96. The lowest BCUT2D eigenvalue weighted by atomic mass is 9.78. The fourth-order valence-corrected chi connectivity index (χ4v) is 4.31. The molecule has 2 aliphatic rings. The van der Waals surface area contributed by atoms with Crippen molar-refractivity contribution in [2.45, 2.75) is 32.4 Å². The number of likely N-dealkylation sites (tertiary alicyclic amines) is 1. The van der Waals surface area contributed by atoms with Crippen LogP contribution >= 0.6 is 12.4 Å². The topological polar surface area (TPSA) is 50.2 Å². The summed E-state index contributed by atoms with van der Waals surface area (Å²) in [6.07, 6.45) is -0.932. The Bertz CT molecular complexity index is 880.